The van der Waals surface area contributed by atoms with Crippen LogP contribution in [-0.2, 0) is 9.53 Å². The van der Waals surface area contributed by atoms with E-state index in [1.165, 1.54) is 0 Å². The van der Waals surface area contributed by atoms with Crippen LogP contribution in [-0.4, -0.2) is 18.5 Å². The van der Waals surface area contributed by atoms with Gasteiger partial charge < -0.3 is 10.1 Å². The molecule has 0 bridgehead atoms. The van der Waals surface area contributed by atoms with Crippen LogP contribution < -0.4 is 5.32 Å². The highest BCUT2D eigenvalue weighted by Gasteiger charge is 2.15. The van der Waals surface area contributed by atoms with Crippen LogP contribution in [0.4, 0.5) is 0 Å². The number of amides is 1. The summed E-state index contributed by atoms with van der Waals surface area (Å²) in [7, 11) is 0. The fraction of sp³-hybridized carbons (Fsp3) is 0.222. The number of aryl methyl sites for hydroxylation is 1. The molecule has 6 heteroatoms. The smallest absolute Gasteiger partial charge is 0.338 e. The van der Waals surface area contributed by atoms with E-state index in [1.54, 1.807) is 37.3 Å². The molecule has 0 aliphatic carbocycles. The molecule has 0 aliphatic heterocycles. The molecule has 2 aromatic carbocycles. The average Bonchev–Trinajstić information content (AvgIpc) is 2.55. The van der Waals surface area contributed by atoms with Gasteiger partial charge in [-0.05, 0) is 43.2 Å². The summed E-state index contributed by atoms with van der Waals surface area (Å²) in [5, 5.41) is 3.61. The van der Waals surface area contributed by atoms with E-state index in [0.717, 1.165) is 11.1 Å². The van der Waals surface area contributed by atoms with Gasteiger partial charge in [0.2, 0.25) is 0 Å². The Hall–Kier alpha value is -2.04. The van der Waals surface area contributed by atoms with Crippen molar-refractivity contribution in [3.63, 3.8) is 0 Å². The van der Waals surface area contributed by atoms with Gasteiger partial charge in [-0.2, -0.15) is 0 Å². The molecule has 126 valence electrons. The lowest BCUT2D eigenvalue weighted by atomic mass is 10.1. The summed E-state index contributed by atoms with van der Waals surface area (Å²) >= 11 is 11.8. The minimum Gasteiger partial charge on any atom is -0.452 e. The number of esters is 1. The van der Waals surface area contributed by atoms with E-state index in [-0.39, 0.29) is 12.6 Å². The second-order valence-electron chi connectivity index (χ2n) is 5.35. The third kappa shape index (κ3) is 4.73. The van der Waals surface area contributed by atoms with Crippen molar-refractivity contribution < 1.29 is 14.3 Å². The number of nitrogens with one attached hydrogen (secondary N) is 1. The van der Waals surface area contributed by atoms with Crippen molar-refractivity contribution in [2.24, 2.45) is 0 Å². The monoisotopic (exact) mass is 365 g/mol. The molecule has 0 aromatic heterocycles. The van der Waals surface area contributed by atoms with Crippen LogP contribution in [0.25, 0.3) is 0 Å². The Morgan fingerprint density at radius 1 is 1.12 bits per heavy atom. The normalized spacial score (nSPS) is 11.7. The fourth-order valence-corrected chi connectivity index (χ4v) is 2.47. The molecule has 2 rings (SSSR count). The Bertz CT molecular complexity index is 762. The molecule has 0 saturated heterocycles. The number of carbonyl (C=O) groups excluding carboxylic acids is 2. The molecule has 0 radical (unpaired) electrons. The largest absolute Gasteiger partial charge is 0.452 e. The van der Waals surface area contributed by atoms with E-state index in [9.17, 15) is 9.59 Å². The lowest BCUT2D eigenvalue weighted by Gasteiger charge is -2.15. The number of ether oxygens (including phenoxy) is 1. The highest BCUT2D eigenvalue weighted by Crippen LogP contribution is 2.25. The minimum absolute atomic E-state index is 0.288. The summed E-state index contributed by atoms with van der Waals surface area (Å²) in [6.45, 7) is 3.27. The van der Waals surface area contributed by atoms with Gasteiger partial charge in [0.25, 0.3) is 5.91 Å². The number of hydrogen-bond donors (Lipinski definition) is 1. The molecule has 0 aliphatic rings. The summed E-state index contributed by atoms with van der Waals surface area (Å²) in [6, 6.07) is 11.9. The molecular weight excluding hydrogens is 349 g/mol. The van der Waals surface area contributed by atoms with Gasteiger partial charge in [-0.1, -0.05) is 47.5 Å². The lowest BCUT2D eigenvalue weighted by Crippen LogP contribution is -2.31. The van der Waals surface area contributed by atoms with Crippen molar-refractivity contribution in [3.05, 3.63) is 69.2 Å². The van der Waals surface area contributed by atoms with E-state index < -0.39 is 11.9 Å². The van der Waals surface area contributed by atoms with E-state index in [0.29, 0.717) is 15.6 Å². The fourth-order valence-electron chi connectivity index (χ4n) is 2.16. The third-order valence-corrected chi connectivity index (χ3v) is 4.26. The quantitative estimate of drug-likeness (QED) is 0.801. The predicted molar refractivity (Wildman–Crippen MR) is 94.5 cm³/mol. The van der Waals surface area contributed by atoms with E-state index in [2.05, 4.69) is 5.32 Å². The Balaban J connectivity index is 1.90. The second-order valence-corrected chi connectivity index (χ2v) is 6.17. The summed E-state index contributed by atoms with van der Waals surface area (Å²) in [6.07, 6.45) is 0. The lowest BCUT2D eigenvalue weighted by molar-refractivity contribution is -0.124. The molecule has 0 fully saturated rings. The van der Waals surface area contributed by atoms with Gasteiger partial charge in [-0.3, -0.25) is 4.79 Å². The van der Waals surface area contributed by atoms with Gasteiger partial charge in [0, 0.05) is 0 Å². The van der Waals surface area contributed by atoms with Gasteiger partial charge in [0.15, 0.2) is 6.61 Å². The maximum atomic E-state index is 12.0. The number of halogens is 2. The van der Waals surface area contributed by atoms with Crippen molar-refractivity contribution in [1.82, 2.24) is 5.32 Å². The van der Waals surface area contributed by atoms with Gasteiger partial charge in [0.1, 0.15) is 0 Å². The molecule has 0 saturated carbocycles. The standard InChI is InChI=1S/C18H17Cl2NO3/c1-11-5-3-4-6-14(11)18(23)24-10-17(22)21-12(2)13-7-8-15(19)16(20)9-13/h3-9,12H,10H2,1-2H3,(H,21,22)/t12-/m0/s1. The number of rotatable bonds is 5. The first kappa shape index (κ1) is 18.3. The highest BCUT2D eigenvalue weighted by molar-refractivity contribution is 6.42. The van der Waals surface area contributed by atoms with E-state index in [4.69, 9.17) is 27.9 Å². The number of carbonyl (C=O) groups is 2. The zero-order valence-electron chi connectivity index (χ0n) is 13.3. The van der Waals surface area contributed by atoms with Crippen molar-refractivity contribution in [2.75, 3.05) is 6.61 Å². The molecular formula is C18H17Cl2NO3. The zero-order valence-corrected chi connectivity index (χ0v) is 14.8. The Kier molecular flexibility index (Phi) is 6.23. The van der Waals surface area contributed by atoms with Crippen molar-refractivity contribution >= 4 is 35.1 Å². The molecule has 1 atom stereocenters. The minimum atomic E-state index is -0.523. The summed E-state index contributed by atoms with van der Waals surface area (Å²) in [5.41, 5.74) is 2.05. The van der Waals surface area contributed by atoms with Gasteiger partial charge in [-0.15, -0.1) is 0 Å². The zero-order chi connectivity index (χ0) is 17.7. The molecule has 1 amide bonds. The second kappa shape index (κ2) is 8.18. The van der Waals surface area contributed by atoms with Crippen LogP contribution in [0, 0.1) is 6.92 Å². The predicted octanol–water partition coefficient (Wildman–Crippen LogP) is 4.34. The maximum absolute atomic E-state index is 12.0. The molecule has 0 heterocycles. The number of hydrogen-bond acceptors (Lipinski definition) is 3. The molecule has 2 aromatic rings. The Morgan fingerprint density at radius 2 is 1.83 bits per heavy atom. The van der Waals surface area contributed by atoms with Crippen LogP contribution >= 0.6 is 23.2 Å². The van der Waals surface area contributed by atoms with Gasteiger partial charge >= 0.3 is 5.97 Å². The molecule has 4 nitrogen and oxygen atoms in total. The van der Waals surface area contributed by atoms with Crippen LogP contribution in [0.3, 0.4) is 0 Å². The van der Waals surface area contributed by atoms with Crippen LogP contribution in [0.5, 0.6) is 0 Å². The van der Waals surface area contributed by atoms with Crippen molar-refractivity contribution in [2.45, 2.75) is 19.9 Å². The summed E-state index contributed by atoms with van der Waals surface area (Å²) in [5.74, 6) is -0.916. The highest BCUT2D eigenvalue weighted by atomic mass is 35.5. The molecule has 24 heavy (non-hydrogen) atoms. The Labute approximate surface area is 150 Å². The Morgan fingerprint density at radius 3 is 2.50 bits per heavy atom. The third-order valence-electron chi connectivity index (χ3n) is 3.52. The van der Waals surface area contributed by atoms with Gasteiger partial charge in [0.05, 0.1) is 21.7 Å². The first-order chi connectivity index (χ1) is 11.4. The maximum Gasteiger partial charge on any atom is 0.338 e. The molecule has 0 spiro atoms. The first-order valence-corrected chi connectivity index (χ1v) is 8.11. The SMILES string of the molecule is Cc1ccccc1C(=O)OCC(=O)N[C@@H](C)c1ccc(Cl)c(Cl)c1. The van der Waals surface area contributed by atoms with Crippen LogP contribution in [0.2, 0.25) is 10.0 Å². The van der Waals surface area contributed by atoms with Crippen molar-refractivity contribution in [3.8, 4) is 0 Å². The topological polar surface area (TPSA) is 55.4 Å². The first-order valence-electron chi connectivity index (χ1n) is 7.35. The van der Waals surface area contributed by atoms with Crippen LogP contribution in [0.1, 0.15) is 34.5 Å². The van der Waals surface area contributed by atoms with Crippen LogP contribution in [0.15, 0.2) is 42.5 Å². The average molecular weight is 366 g/mol. The summed E-state index contributed by atoms with van der Waals surface area (Å²) in [4.78, 5) is 23.9. The number of benzene rings is 2. The van der Waals surface area contributed by atoms with Crippen molar-refractivity contribution in [1.29, 1.82) is 0 Å². The van der Waals surface area contributed by atoms with E-state index in [1.807, 2.05) is 19.1 Å². The summed E-state index contributed by atoms with van der Waals surface area (Å²) < 4.78 is 5.05. The molecule has 1 N–H and O–H groups in total. The molecule has 0 unspecified atom stereocenters. The van der Waals surface area contributed by atoms with Gasteiger partial charge in [-0.25, -0.2) is 4.79 Å². The van der Waals surface area contributed by atoms with E-state index >= 15 is 0 Å².